The van der Waals surface area contributed by atoms with E-state index in [2.05, 4.69) is 37.9 Å². The van der Waals surface area contributed by atoms with E-state index in [0.717, 1.165) is 25.2 Å². The maximum atomic E-state index is 11.5. The van der Waals surface area contributed by atoms with Crippen LogP contribution in [-0.2, 0) is 4.79 Å². The monoisotopic (exact) mass is 292 g/mol. The van der Waals surface area contributed by atoms with E-state index in [-0.39, 0.29) is 0 Å². The number of likely N-dealkylation sites (N-methyl/N-ethyl adjacent to an activating group) is 1. The summed E-state index contributed by atoms with van der Waals surface area (Å²) in [5.41, 5.74) is 2.04. The SMILES string of the molecule is CCN(CC)CCNC(C(=O)O)c1ccc(C(C)C)cc1. The smallest absolute Gasteiger partial charge is 0.325 e. The van der Waals surface area contributed by atoms with Gasteiger partial charge in [-0.15, -0.1) is 0 Å². The average Bonchev–Trinajstić information content (AvgIpc) is 2.47. The van der Waals surface area contributed by atoms with Gasteiger partial charge in [-0.05, 0) is 30.1 Å². The Morgan fingerprint density at radius 3 is 2.10 bits per heavy atom. The second-order valence-electron chi connectivity index (χ2n) is 5.57. The molecule has 0 amide bonds. The molecule has 21 heavy (non-hydrogen) atoms. The third kappa shape index (κ3) is 5.48. The maximum Gasteiger partial charge on any atom is 0.325 e. The summed E-state index contributed by atoms with van der Waals surface area (Å²) >= 11 is 0. The molecule has 0 saturated heterocycles. The quantitative estimate of drug-likeness (QED) is 0.735. The molecule has 0 aliphatic heterocycles. The number of rotatable bonds is 9. The largest absolute Gasteiger partial charge is 0.480 e. The number of nitrogens with zero attached hydrogens (tertiary/aromatic N) is 1. The van der Waals surface area contributed by atoms with Gasteiger partial charge in [-0.2, -0.15) is 0 Å². The molecule has 0 bridgehead atoms. The first kappa shape index (κ1) is 17.7. The summed E-state index contributed by atoms with van der Waals surface area (Å²) in [4.78, 5) is 13.7. The lowest BCUT2D eigenvalue weighted by Crippen LogP contribution is -2.36. The van der Waals surface area contributed by atoms with E-state index in [1.54, 1.807) is 0 Å². The zero-order valence-electron chi connectivity index (χ0n) is 13.6. The van der Waals surface area contributed by atoms with Crippen LogP contribution in [0.15, 0.2) is 24.3 Å². The molecular formula is C17H28N2O2. The molecule has 0 aromatic heterocycles. The lowest BCUT2D eigenvalue weighted by Gasteiger charge is -2.21. The molecule has 1 aromatic rings. The van der Waals surface area contributed by atoms with Crippen LogP contribution in [0, 0.1) is 0 Å². The number of carbonyl (C=O) groups is 1. The average molecular weight is 292 g/mol. The Hall–Kier alpha value is -1.39. The second-order valence-corrected chi connectivity index (χ2v) is 5.57. The van der Waals surface area contributed by atoms with E-state index in [1.165, 1.54) is 5.56 Å². The predicted octanol–water partition coefficient (Wildman–Crippen LogP) is 2.87. The minimum atomic E-state index is -0.827. The van der Waals surface area contributed by atoms with Crippen molar-refractivity contribution < 1.29 is 9.90 Å². The Balaban J connectivity index is 2.66. The highest BCUT2D eigenvalue weighted by atomic mass is 16.4. The third-order valence-corrected chi connectivity index (χ3v) is 3.85. The van der Waals surface area contributed by atoms with E-state index in [0.29, 0.717) is 12.5 Å². The first-order valence-corrected chi connectivity index (χ1v) is 7.77. The van der Waals surface area contributed by atoms with E-state index in [9.17, 15) is 9.90 Å². The number of aliphatic carboxylic acids is 1. The maximum absolute atomic E-state index is 11.5. The molecule has 1 unspecified atom stereocenters. The fourth-order valence-electron chi connectivity index (χ4n) is 2.33. The molecule has 0 spiro atoms. The van der Waals surface area contributed by atoms with Crippen LogP contribution in [0.3, 0.4) is 0 Å². The van der Waals surface area contributed by atoms with Crippen LogP contribution in [0.4, 0.5) is 0 Å². The lowest BCUT2D eigenvalue weighted by atomic mass is 9.99. The van der Waals surface area contributed by atoms with Gasteiger partial charge < -0.3 is 10.0 Å². The molecule has 1 rings (SSSR count). The molecule has 0 fully saturated rings. The molecule has 1 atom stereocenters. The van der Waals surface area contributed by atoms with Gasteiger partial charge in [0.1, 0.15) is 6.04 Å². The minimum absolute atomic E-state index is 0.456. The number of carboxylic acids is 1. The summed E-state index contributed by atoms with van der Waals surface area (Å²) in [5, 5.41) is 12.6. The lowest BCUT2D eigenvalue weighted by molar-refractivity contribution is -0.139. The second kappa shape index (κ2) is 8.80. The first-order chi connectivity index (χ1) is 9.99. The Bertz CT molecular complexity index is 425. The van der Waals surface area contributed by atoms with Crippen molar-refractivity contribution in [3.8, 4) is 0 Å². The summed E-state index contributed by atoms with van der Waals surface area (Å²) in [6, 6.07) is 7.22. The number of hydrogen-bond donors (Lipinski definition) is 2. The zero-order valence-corrected chi connectivity index (χ0v) is 13.6. The van der Waals surface area contributed by atoms with Crippen LogP contribution in [0.25, 0.3) is 0 Å². The van der Waals surface area contributed by atoms with Crippen molar-refractivity contribution in [3.63, 3.8) is 0 Å². The Morgan fingerprint density at radius 1 is 1.14 bits per heavy atom. The Morgan fingerprint density at radius 2 is 1.67 bits per heavy atom. The highest BCUT2D eigenvalue weighted by molar-refractivity contribution is 5.75. The van der Waals surface area contributed by atoms with Crippen molar-refractivity contribution >= 4 is 5.97 Å². The zero-order chi connectivity index (χ0) is 15.8. The molecule has 0 radical (unpaired) electrons. The van der Waals surface area contributed by atoms with Crippen molar-refractivity contribution in [3.05, 3.63) is 35.4 Å². The van der Waals surface area contributed by atoms with Crippen molar-refractivity contribution in [2.75, 3.05) is 26.2 Å². The molecule has 0 aliphatic rings. The van der Waals surface area contributed by atoms with Crippen LogP contribution in [0.5, 0.6) is 0 Å². The van der Waals surface area contributed by atoms with Gasteiger partial charge in [0.2, 0.25) is 0 Å². The van der Waals surface area contributed by atoms with E-state index < -0.39 is 12.0 Å². The molecule has 4 heteroatoms. The summed E-state index contributed by atoms with van der Waals surface area (Å²) in [6.07, 6.45) is 0. The van der Waals surface area contributed by atoms with Crippen molar-refractivity contribution in [1.82, 2.24) is 10.2 Å². The van der Waals surface area contributed by atoms with Crippen LogP contribution in [0.1, 0.15) is 50.8 Å². The molecule has 2 N–H and O–H groups in total. The van der Waals surface area contributed by atoms with E-state index >= 15 is 0 Å². The van der Waals surface area contributed by atoms with Gasteiger partial charge in [0.15, 0.2) is 0 Å². The van der Waals surface area contributed by atoms with Crippen molar-refractivity contribution in [2.45, 2.75) is 39.7 Å². The van der Waals surface area contributed by atoms with Crippen molar-refractivity contribution in [1.29, 1.82) is 0 Å². The Labute approximate surface area is 128 Å². The summed E-state index contributed by atoms with van der Waals surface area (Å²) < 4.78 is 0. The molecule has 1 aromatic carbocycles. The first-order valence-electron chi connectivity index (χ1n) is 7.77. The van der Waals surface area contributed by atoms with E-state index in [4.69, 9.17) is 0 Å². The topological polar surface area (TPSA) is 52.6 Å². The molecular weight excluding hydrogens is 264 g/mol. The summed E-state index contributed by atoms with van der Waals surface area (Å²) in [5.74, 6) is -0.371. The molecule has 0 saturated carbocycles. The van der Waals surface area contributed by atoms with Gasteiger partial charge in [0.05, 0.1) is 0 Å². The third-order valence-electron chi connectivity index (χ3n) is 3.85. The highest BCUT2D eigenvalue weighted by Gasteiger charge is 2.19. The highest BCUT2D eigenvalue weighted by Crippen LogP contribution is 2.19. The van der Waals surface area contributed by atoms with Gasteiger partial charge in [-0.25, -0.2) is 0 Å². The van der Waals surface area contributed by atoms with Gasteiger partial charge in [-0.1, -0.05) is 52.0 Å². The molecule has 118 valence electrons. The fourth-order valence-corrected chi connectivity index (χ4v) is 2.33. The predicted molar refractivity (Wildman–Crippen MR) is 86.7 cm³/mol. The van der Waals surface area contributed by atoms with Crippen LogP contribution >= 0.6 is 0 Å². The standard InChI is InChI=1S/C17H28N2O2/c1-5-19(6-2)12-11-18-16(17(20)21)15-9-7-14(8-10-15)13(3)4/h7-10,13,16,18H,5-6,11-12H2,1-4H3,(H,20,21). The van der Waals surface area contributed by atoms with Crippen LogP contribution in [-0.4, -0.2) is 42.2 Å². The summed E-state index contributed by atoms with van der Waals surface area (Å²) in [7, 11) is 0. The normalized spacial score (nSPS) is 12.9. The van der Waals surface area contributed by atoms with Gasteiger partial charge in [-0.3, -0.25) is 10.1 Å². The van der Waals surface area contributed by atoms with Gasteiger partial charge in [0.25, 0.3) is 0 Å². The molecule has 0 heterocycles. The van der Waals surface area contributed by atoms with Crippen molar-refractivity contribution in [2.24, 2.45) is 0 Å². The van der Waals surface area contributed by atoms with E-state index in [1.807, 2.05) is 24.3 Å². The number of hydrogen-bond acceptors (Lipinski definition) is 3. The van der Waals surface area contributed by atoms with Crippen LogP contribution in [0.2, 0.25) is 0 Å². The summed E-state index contributed by atoms with van der Waals surface area (Å²) in [6.45, 7) is 12.0. The Kier molecular flexibility index (Phi) is 7.40. The minimum Gasteiger partial charge on any atom is -0.480 e. The number of benzene rings is 1. The van der Waals surface area contributed by atoms with Gasteiger partial charge >= 0.3 is 5.97 Å². The molecule has 0 aliphatic carbocycles. The number of nitrogens with one attached hydrogen (secondary N) is 1. The number of carboxylic acid groups (broad SMARTS) is 1. The fraction of sp³-hybridized carbons (Fsp3) is 0.588. The van der Waals surface area contributed by atoms with Crippen LogP contribution < -0.4 is 5.32 Å². The van der Waals surface area contributed by atoms with Gasteiger partial charge in [0, 0.05) is 13.1 Å². The molecule has 4 nitrogen and oxygen atoms in total.